The van der Waals surface area contributed by atoms with Crippen LogP contribution in [0.4, 0.5) is 0 Å². The molecule has 20 heavy (non-hydrogen) atoms. The van der Waals surface area contributed by atoms with Crippen molar-refractivity contribution in [2.45, 2.75) is 40.2 Å². The number of benzene rings is 1. The Hall–Kier alpha value is -0.860. The highest BCUT2D eigenvalue weighted by Gasteiger charge is 2.25. The van der Waals surface area contributed by atoms with Gasteiger partial charge in [0.05, 0.1) is 0 Å². The van der Waals surface area contributed by atoms with Gasteiger partial charge in [0.25, 0.3) is 0 Å². The smallest absolute Gasteiger partial charge is 0.0449 e. The Balaban J connectivity index is 2.05. The molecule has 1 aliphatic heterocycles. The first-order valence-corrected chi connectivity index (χ1v) is 7.98. The van der Waals surface area contributed by atoms with Crippen LogP contribution in [-0.4, -0.2) is 31.6 Å². The Morgan fingerprint density at radius 1 is 1.25 bits per heavy atom. The van der Waals surface area contributed by atoms with E-state index in [1.807, 2.05) is 0 Å². The van der Waals surface area contributed by atoms with E-state index in [4.69, 9.17) is 0 Å². The lowest BCUT2D eigenvalue weighted by Crippen LogP contribution is -2.42. The lowest BCUT2D eigenvalue weighted by molar-refractivity contribution is 0.128. The summed E-state index contributed by atoms with van der Waals surface area (Å²) in [5.41, 5.74) is 4.20. The molecule has 2 nitrogen and oxygen atoms in total. The predicted octanol–water partition coefficient (Wildman–Crippen LogP) is 3.54. The van der Waals surface area contributed by atoms with Crippen LogP contribution in [-0.2, 0) is 0 Å². The maximum atomic E-state index is 3.51. The van der Waals surface area contributed by atoms with E-state index in [9.17, 15) is 0 Å². The second kappa shape index (κ2) is 6.73. The van der Waals surface area contributed by atoms with Crippen LogP contribution in [0.5, 0.6) is 0 Å². The molecule has 1 saturated heterocycles. The maximum Gasteiger partial charge on any atom is 0.0449 e. The van der Waals surface area contributed by atoms with Gasteiger partial charge < -0.3 is 10.2 Å². The monoisotopic (exact) mass is 274 g/mol. The quantitative estimate of drug-likeness (QED) is 0.903. The van der Waals surface area contributed by atoms with Gasteiger partial charge in [-0.3, -0.25) is 0 Å². The van der Waals surface area contributed by atoms with Crippen molar-refractivity contribution in [3.8, 4) is 0 Å². The Morgan fingerprint density at radius 3 is 2.60 bits per heavy atom. The molecule has 0 spiro atoms. The number of hydrogen-bond acceptors (Lipinski definition) is 2. The highest BCUT2D eigenvalue weighted by Crippen LogP contribution is 2.25. The van der Waals surface area contributed by atoms with Gasteiger partial charge in [0, 0.05) is 19.1 Å². The molecule has 2 heteroatoms. The zero-order chi connectivity index (χ0) is 14.7. The van der Waals surface area contributed by atoms with Gasteiger partial charge in [-0.25, -0.2) is 0 Å². The van der Waals surface area contributed by atoms with Gasteiger partial charge in [0.15, 0.2) is 0 Å². The minimum atomic E-state index is 0.441. The number of nitrogens with one attached hydrogen (secondary N) is 1. The third-order valence-corrected chi connectivity index (χ3v) is 5.01. The first kappa shape index (κ1) is 15.5. The SMILES string of the molecule is CNC(CN1CCC(C)C(C)C1)c1ccc(C)cc1C. The molecule has 1 aromatic carbocycles. The fraction of sp³-hybridized carbons (Fsp3) is 0.667. The largest absolute Gasteiger partial charge is 0.312 e. The lowest BCUT2D eigenvalue weighted by Gasteiger charge is -2.37. The van der Waals surface area contributed by atoms with E-state index in [1.54, 1.807) is 0 Å². The van der Waals surface area contributed by atoms with Crippen molar-refractivity contribution in [3.63, 3.8) is 0 Å². The van der Waals surface area contributed by atoms with E-state index in [-0.39, 0.29) is 0 Å². The third kappa shape index (κ3) is 3.62. The Labute approximate surface area is 124 Å². The molecule has 112 valence electrons. The van der Waals surface area contributed by atoms with Gasteiger partial charge >= 0.3 is 0 Å². The summed E-state index contributed by atoms with van der Waals surface area (Å²) in [6, 6.07) is 7.26. The summed E-state index contributed by atoms with van der Waals surface area (Å²) >= 11 is 0. The van der Waals surface area contributed by atoms with Crippen LogP contribution in [0.25, 0.3) is 0 Å². The molecule has 3 unspecified atom stereocenters. The number of hydrogen-bond donors (Lipinski definition) is 1. The van der Waals surface area contributed by atoms with Gasteiger partial charge in [-0.1, -0.05) is 37.6 Å². The van der Waals surface area contributed by atoms with E-state index in [1.165, 1.54) is 36.2 Å². The molecule has 1 N–H and O–H groups in total. The standard InChI is InChI=1S/C18H30N2/c1-13-6-7-17(15(3)10-13)18(19-5)12-20-9-8-14(2)16(4)11-20/h6-7,10,14,16,18-19H,8-9,11-12H2,1-5H3. The second-order valence-electron chi connectivity index (χ2n) is 6.70. The average Bonchev–Trinajstić information content (AvgIpc) is 2.41. The fourth-order valence-corrected chi connectivity index (χ4v) is 3.33. The summed E-state index contributed by atoms with van der Waals surface area (Å²) in [4.78, 5) is 2.63. The van der Waals surface area contributed by atoms with Gasteiger partial charge in [-0.15, -0.1) is 0 Å². The molecule has 0 radical (unpaired) electrons. The lowest BCUT2D eigenvalue weighted by atomic mass is 9.88. The molecular formula is C18H30N2. The first-order valence-electron chi connectivity index (χ1n) is 7.98. The minimum Gasteiger partial charge on any atom is -0.312 e. The zero-order valence-corrected chi connectivity index (χ0v) is 13.7. The molecule has 0 bridgehead atoms. The van der Waals surface area contributed by atoms with Crippen molar-refractivity contribution in [3.05, 3.63) is 34.9 Å². The van der Waals surface area contributed by atoms with E-state index in [0.717, 1.165) is 18.4 Å². The van der Waals surface area contributed by atoms with Crippen LogP contribution in [0.1, 0.15) is 43.0 Å². The molecule has 1 heterocycles. The van der Waals surface area contributed by atoms with Crippen LogP contribution < -0.4 is 5.32 Å². The summed E-state index contributed by atoms with van der Waals surface area (Å²) < 4.78 is 0. The normalized spacial score (nSPS) is 25.6. The zero-order valence-electron chi connectivity index (χ0n) is 13.7. The summed E-state index contributed by atoms with van der Waals surface area (Å²) in [6.45, 7) is 12.8. The van der Waals surface area contributed by atoms with Crippen molar-refractivity contribution < 1.29 is 0 Å². The topological polar surface area (TPSA) is 15.3 Å². The van der Waals surface area contributed by atoms with E-state index >= 15 is 0 Å². The Morgan fingerprint density at radius 2 is 2.00 bits per heavy atom. The van der Waals surface area contributed by atoms with Gasteiger partial charge in [-0.2, -0.15) is 0 Å². The van der Waals surface area contributed by atoms with Crippen LogP contribution in [0.2, 0.25) is 0 Å². The van der Waals surface area contributed by atoms with Gasteiger partial charge in [-0.05, 0) is 56.8 Å². The molecule has 1 fully saturated rings. The van der Waals surface area contributed by atoms with Crippen molar-refractivity contribution >= 4 is 0 Å². The van der Waals surface area contributed by atoms with Crippen LogP contribution in [0.3, 0.4) is 0 Å². The van der Waals surface area contributed by atoms with Crippen LogP contribution in [0.15, 0.2) is 18.2 Å². The number of nitrogens with zero attached hydrogens (tertiary/aromatic N) is 1. The van der Waals surface area contributed by atoms with Crippen LogP contribution in [0, 0.1) is 25.7 Å². The number of rotatable bonds is 4. The Kier molecular flexibility index (Phi) is 5.22. The highest BCUT2D eigenvalue weighted by molar-refractivity contribution is 5.33. The van der Waals surface area contributed by atoms with Crippen molar-refractivity contribution in [2.75, 3.05) is 26.7 Å². The van der Waals surface area contributed by atoms with E-state index in [2.05, 4.69) is 63.2 Å². The molecule has 1 aromatic rings. The van der Waals surface area contributed by atoms with Crippen molar-refractivity contribution in [2.24, 2.45) is 11.8 Å². The maximum absolute atomic E-state index is 3.51. The summed E-state index contributed by atoms with van der Waals surface area (Å²) in [5, 5.41) is 3.51. The fourth-order valence-electron chi connectivity index (χ4n) is 3.33. The molecule has 0 amide bonds. The number of likely N-dealkylation sites (N-methyl/N-ethyl adjacent to an activating group) is 1. The molecule has 0 aliphatic carbocycles. The molecule has 3 atom stereocenters. The van der Waals surface area contributed by atoms with Gasteiger partial charge in [0.1, 0.15) is 0 Å². The van der Waals surface area contributed by atoms with E-state index in [0.29, 0.717) is 6.04 Å². The Bertz CT molecular complexity index is 441. The molecule has 0 aromatic heterocycles. The molecule has 2 rings (SSSR count). The molecular weight excluding hydrogens is 244 g/mol. The second-order valence-corrected chi connectivity index (χ2v) is 6.70. The van der Waals surface area contributed by atoms with Crippen molar-refractivity contribution in [1.82, 2.24) is 10.2 Å². The number of likely N-dealkylation sites (tertiary alicyclic amines) is 1. The predicted molar refractivity (Wildman–Crippen MR) is 87.1 cm³/mol. The number of aryl methyl sites for hydroxylation is 2. The molecule has 1 aliphatic rings. The van der Waals surface area contributed by atoms with Crippen LogP contribution >= 0.6 is 0 Å². The van der Waals surface area contributed by atoms with Crippen molar-refractivity contribution in [1.29, 1.82) is 0 Å². The summed E-state index contributed by atoms with van der Waals surface area (Å²) in [7, 11) is 2.08. The molecule has 0 saturated carbocycles. The first-order chi connectivity index (χ1) is 9.51. The number of piperidine rings is 1. The van der Waals surface area contributed by atoms with Gasteiger partial charge in [0.2, 0.25) is 0 Å². The minimum absolute atomic E-state index is 0.441. The summed E-state index contributed by atoms with van der Waals surface area (Å²) in [5.74, 6) is 1.70. The van der Waals surface area contributed by atoms with E-state index < -0.39 is 0 Å². The summed E-state index contributed by atoms with van der Waals surface area (Å²) in [6.07, 6.45) is 1.34. The highest BCUT2D eigenvalue weighted by atomic mass is 15.2. The average molecular weight is 274 g/mol. The third-order valence-electron chi connectivity index (χ3n) is 5.01.